The molecule has 0 aliphatic carbocycles. The molecule has 7 heteroatoms. The summed E-state index contributed by atoms with van der Waals surface area (Å²) in [7, 11) is -2.24. The molecule has 0 atom stereocenters. The van der Waals surface area contributed by atoms with Gasteiger partial charge in [0.2, 0.25) is 10.0 Å². The monoisotopic (exact) mass is 337 g/mol. The van der Waals surface area contributed by atoms with Gasteiger partial charge < -0.3 is 9.84 Å². The second-order valence-electron chi connectivity index (χ2n) is 3.57. The number of aliphatic hydroxyl groups excluding tert-OH is 1. The first kappa shape index (κ1) is 15.4. The van der Waals surface area contributed by atoms with Crippen molar-refractivity contribution in [2.45, 2.75) is 11.8 Å². The van der Waals surface area contributed by atoms with Crippen molar-refractivity contribution in [1.82, 2.24) is 4.31 Å². The van der Waals surface area contributed by atoms with E-state index in [4.69, 9.17) is 9.84 Å². The first-order valence-electron chi connectivity index (χ1n) is 5.43. The molecule has 0 saturated heterocycles. The summed E-state index contributed by atoms with van der Waals surface area (Å²) in [6, 6.07) is 4.82. The Kier molecular flexibility index (Phi) is 5.58. The Morgan fingerprint density at radius 2 is 2.11 bits per heavy atom. The highest BCUT2D eigenvalue weighted by Crippen LogP contribution is 2.29. The van der Waals surface area contributed by atoms with Crippen molar-refractivity contribution in [2.24, 2.45) is 0 Å². The summed E-state index contributed by atoms with van der Waals surface area (Å²) in [5, 5.41) is 8.83. The average Bonchev–Trinajstić information content (AvgIpc) is 2.32. The number of ether oxygens (including phenoxy) is 1. The van der Waals surface area contributed by atoms with Crippen molar-refractivity contribution in [2.75, 3.05) is 26.8 Å². The van der Waals surface area contributed by atoms with Crippen LogP contribution in [0.1, 0.15) is 6.92 Å². The van der Waals surface area contributed by atoms with Crippen LogP contribution in [0.15, 0.2) is 27.6 Å². The predicted octanol–water partition coefficient (Wildman–Crippen LogP) is 1.46. The minimum Gasteiger partial charge on any atom is -0.492 e. The number of aliphatic hydroxyl groups is 1. The lowest BCUT2D eigenvalue weighted by atomic mass is 10.3. The highest BCUT2D eigenvalue weighted by molar-refractivity contribution is 9.10. The fraction of sp³-hybridized carbons (Fsp3) is 0.455. The van der Waals surface area contributed by atoms with Crippen molar-refractivity contribution in [3.63, 3.8) is 0 Å². The molecule has 102 valence electrons. The number of rotatable bonds is 6. The lowest BCUT2D eigenvalue weighted by Crippen LogP contribution is -2.30. The van der Waals surface area contributed by atoms with Crippen LogP contribution in [-0.2, 0) is 10.0 Å². The van der Waals surface area contributed by atoms with E-state index in [0.717, 1.165) is 4.31 Å². The second kappa shape index (κ2) is 6.51. The molecule has 0 fully saturated rings. The number of halogens is 1. The highest BCUT2D eigenvalue weighted by atomic mass is 79.9. The van der Waals surface area contributed by atoms with Crippen molar-refractivity contribution in [3.8, 4) is 5.75 Å². The van der Waals surface area contributed by atoms with Crippen LogP contribution in [-0.4, -0.2) is 44.6 Å². The van der Waals surface area contributed by atoms with Crippen molar-refractivity contribution < 1.29 is 18.3 Å². The van der Waals surface area contributed by atoms with E-state index < -0.39 is 10.0 Å². The standard InChI is InChI=1S/C11H16BrNO4S/c1-3-17-10-5-4-9(12)8-11(10)18(15,16)13(2)6-7-14/h4-5,8,14H,3,6-7H2,1-2H3. The molecule has 0 amide bonds. The fourth-order valence-electron chi connectivity index (χ4n) is 1.39. The molecule has 0 heterocycles. The topological polar surface area (TPSA) is 66.8 Å². The Hall–Kier alpha value is -0.630. The van der Waals surface area contributed by atoms with Crippen LogP contribution >= 0.6 is 15.9 Å². The zero-order valence-corrected chi connectivity index (χ0v) is 12.7. The maximum atomic E-state index is 12.3. The number of nitrogens with zero attached hydrogens (tertiary/aromatic N) is 1. The zero-order chi connectivity index (χ0) is 13.8. The SMILES string of the molecule is CCOc1ccc(Br)cc1S(=O)(=O)N(C)CCO. The first-order valence-corrected chi connectivity index (χ1v) is 7.66. The maximum Gasteiger partial charge on any atom is 0.246 e. The minimum atomic E-state index is -3.66. The predicted molar refractivity (Wildman–Crippen MR) is 72.2 cm³/mol. The quantitative estimate of drug-likeness (QED) is 0.853. The molecule has 0 spiro atoms. The number of hydrogen-bond donors (Lipinski definition) is 1. The Morgan fingerprint density at radius 3 is 2.67 bits per heavy atom. The summed E-state index contributed by atoms with van der Waals surface area (Å²) in [5.41, 5.74) is 0. The van der Waals surface area contributed by atoms with Gasteiger partial charge in [-0.2, -0.15) is 4.31 Å². The van der Waals surface area contributed by atoms with Crippen LogP contribution < -0.4 is 4.74 Å². The summed E-state index contributed by atoms with van der Waals surface area (Å²) < 4.78 is 31.6. The van der Waals surface area contributed by atoms with Gasteiger partial charge in [-0.1, -0.05) is 15.9 Å². The largest absolute Gasteiger partial charge is 0.492 e. The third-order valence-electron chi connectivity index (χ3n) is 2.31. The van der Waals surface area contributed by atoms with E-state index >= 15 is 0 Å². The molecule has 0 aliphatic rings. The van der Waals surface area contributed by atoms with Crippen LogP contribution in [0.3, 0.4) is 0 Å². The van der Waals surface area contributed by atoms with Crippen molar-refractivity contribution in [3.05, 3.63) is 22.7 Å². The molecule has 1 aromatic carbocycles. The van der Waals surface area contributed by atoms with E-state index in [9.17, 15) is 8.42 Å². The molecule has 0 aromatic heterocycles. The Bertz CT molecular complexity index is 504. The van der Waals surface area contributed by atoms with Gasteiger partial charge in [0.25, 0.3) is 0 Å². The Balaban J connectivity index is 3.25. The number of benzene rings is 1. The van der Waals surface area contributed by atoms with Gasteiger partial charge in [-0.05, 0) is 25.1 Å². The summed E-state index contributed by atoms with van der Waals surface area (Å²) in [4.78, 5) is 0.0923. The molecule has 0 bridgehead atoms. The molecule has 1 rings (SSSR count). The van der Waals surface area contributed by atoms with Crippen LogP contribution in [0, 0.1) is 0 Å². The molecule has 18 heavy (non-hydrogen) atoms. The van der Waals surface area contributed by atoms with E-state index in [1.54, 1.807) is 19.1 Å². The van der Waals surface area contributed by atoms with Gasteiger partial charge in [0.05, 0.1) is 13.2 Å². The Morgan fingerprint density at radius 1 is 1.44 bits per heavy atom. The maximum absolute atomic E-state index is 12.3. The van der Waals surface area contributed by atoms with Gasteiger partial charge in [0.15, 0.2) is 0 Å². The van der Waals surface area contributed by atoms with Gasteiger partial charge >= 0.3 is 0 Å². The lowest BCUT2D eigenvalue weighted by molar-refractivity contribution is 0.266. The van der Waals surface area contributed by atoms with Crippen molar-refractivity contribution in [1.29, 1.82) is 0 Å². The second-order valence-corrected chi connectivity index (χ2v) is 6.50. The summed E-state index contributed by atoms with van der Waals surface area (Å²) in [5.74, 6) is 0.311. The van der Waals surface area contributed by atoms with Gasteiger partial charge in [-0.3, -0.25) is 0 Å². The molecule has 0 radical (unpaired) electrons. The van der Waals surface area contributed by atoms with Crippen LogP contribution in [0.4, 0.5) is 0 Å². The van der Waals surface area contributed by atoms with E-state index in [1.807, 2.05) is 0 Å². The Labute approximate surface area is 116 Å². The highest BCUT2D eigenvalue weighted by Gasteiger charge is 2.24. The molecule has 5 nitrogen and oxygen atoms in total. The minimum absolute atomic E-state index is 0.0421. The van der Waals surface area contributed by atoms with Gasteiger partial charge in [0, 0.05) is 18.1 Å². The van der Waals surface area contributed by atoms with Gasteiger partial charge in [-0.25, -0.2) is 8.42 Å². The molecule has 1 aromatic rings. The van der Waals surface area contributed by atoms with E-state index in [0.29, 0.717) is 16.8 Å². The molecule has 0 unspecified atom stereocenters. The third-order valence-corrected chi connectivity index (χ3v) is 4.68. The molecular weight excluding hydrogens is 322 g/mol. The van der Waals surface area contributed by atoms with Gasteiger partial charge in [0.1, 0.15) is 10.6 Å². The van der Waals surface area contributed by atoms with Crippen LogP contribution in [0.25, 0.3) is 0 Å². The van der Waals surface area contributed by atoms with E-state index in [-0.39, 0.29) is 18.0 Å². The lowest BCUT2D eigenvalue weighted by Gasteiger charge is -2.18. The third kappa shape index (κ3) is 3.44. The normalized spacial score (nSPS) is 11.8. The summed E-state index contributed by atoms with van der Waals surface area (Å²) in [6.45, 7) is 1.98. The zero-order valence-electron chi connectivity index (χ0n) is 10.3. The molecular formula is C11H16BrNO4S. The van der Waals surface area contributed by atoms with Crippen LogP contribution in [0.2, 0.25) is 0 Å². The molecule has 0 aliphatic heterocycles. The van der Waals surface area contributed by atoms with E-state index in [1.165, 1.54) is 13.1 Å². The van der Waals surface area contributed by atoms with Crippen LogP contribution in [0.5, 0.6) is 5.75 Å². The smallest absolute Gasteiger partial charge is 0.246 e. The van der Waals surface area contributed by atoms with Crippen molar-refractivity contribution >= 4 is 26.0 Å². The number of likely N-dealkylation sites (N-methyl/N-ethyl adjacent to an activating group) is 1. The number of hydrogen-bond acceptors (Lipinski definition) is 4. The van der Waals surface area contributed by atoms with E-state index in [2.05, 4.69) is 15.9 Å². The summed E-state index contributed by atoms with van der Waals surface area (Å²) in [6.07, 6.45) is 0. The van der Waals surface area contributed by atoms with Gasteiger partial charge in [-0.15, -0.1) is 0 Å². The molecule has 0 saturated carbocycles. The summed E-state index contributed by atoms with van der Waals surface area (Å²) >= 11 is 3.24. The number of sulfonamides is 1. The average molecular weight is 338 g/mol. The fourth-order valence-corrected chi connectivity index (χ4v) is 3.21. The first-order chi connectivity index (χ1) is 8.43. The molecule has 1 N–H and O–H groups in total.